The van der Waals surface area contributed by atoms with E-state index in [4.69, 9.17) is 4.42 Å². The monoisotopic (exact) mass is 364 g/mol. The molecule has 0 atom stereocenters. The SMILES string of the molecule is CSc1ccccc1NS(=O)(=O)c1cc2oc(=O)n(C)c2cc1C. The number of benzene rings is 2. The van der Waals surface area contributed by atoms with Crippen LogP contribution in [0.5, 0.6) is 0 Å². The van der Waals surface area contributed by atoms with Gasteiger partial charge in [0.2, 0.25) is 0 Å². The molecule has 0 fully saturated rings. The molecule has 0 spiro atoms. The fraction of sp³-hybridized carbons (Fsp3) is 0.188. The number of para-hydroxylation sites is 1. The number of thioether (sulfide) groups is 1. The van der Waals surface area contributed by atoms with Gasteiger partial charge < -0.3 is 4.42 Å². The van der Waals surface area contributed by atoms with Gasteiger partial charge in [0.25, 0.3) is 10.0 Å². The van der Waals surface area contributed by atoms with Crippen LogP contribution in [0.3, 0.4) is 0 Å². The van der Waals surface area contributed by atoms with Gasteiger partial charge in [0, 0.05) is 18.0 Å². The molecule has 1 N–H and O–H groups in total. The van der Waals surface area contributed by atoms with Crippen LogP contribution < -0.4 is 10.5 Å². The van der Waals surface area contributed by atoms with Crippen LogP contribution in [-0.4, -0.2) is 19.2 Å². The van der Waals surface area contributed by atoms with E-state index in [1.54, 1.807) is 32.2 Å². The fourth-order valence-corrected chi connectivity index (χ4v) is 4.42. The zero-order valence-electron chi connectivity index (χ0n) is 13.4. The van der Waals surface area contributed by atoms with E-state index in [0.29, 0.717) is 16.8 Å². The molecule has 0 radical (unpaired) electrons. The smallest absolute Gasteiger partial charge is 0.408 e. The molecule has 3 aromatic rings. The van der Waals surface area contributed by atoms with Gasteiger partial charge in [-0.2, -0.15) is 0 Å². The van der Waals surface area contributed by atoms with Crippen LogP contribution in [0, 0.1) is 6.92 Å². The number of nitrogens with zero attached hydrogens (tertiary/aromatic N) is 1. The largest absolute Gasteiger partial charge is 0.419 e. The standard InChI is InChI=1S/C16H16N2O4S2/c1-10-8-12-13(22-16(19)18(12)2)9-15(10)24(20,21)17-11-6-4-5-7-14(11)23-3/h4-9,17H,1-3H3. The third kappa shape index (κ3) is 2.83. The van der Waals surface area contributed by atoms with Crippen molar-refractivity contribution in [1.82, 2.24) is 4.57 Å². The second-order valence-corrected chi connectivity index (χ2v) is 7.82. The molecule has 6 nitrogen and oxygen atoms in total. The fourth-order valence-electron chi connectivity index (χ4n) is 2.48. The Morgan fingerprint density at radius 3 is 2.62 bits per heavy atom. The summed E-state index contributed by atoms with van der Waals surface area (Å²) in [6.07, 6.45) is 1.88. The summed E-state index contributed by atoms with van der Waals surface area (Å²) in [5.74, 6) is -0.528. The number of oxazole rings is 1. The van der Waals surface area contributed by atoms with Gasteiger partial charge in [-0.25, -0.2) is 13.2 Å². The number of hydrogen-bond donors (Lipinski definition) is 1. The summed E-state index contributed by atoms with van der Waals surface area (Å²) in [6.45, 7) is 1.69. The molecule has 1 aromatic heterocycles. The topological polar surface area (TPSA) is 81.3 Å². The summed E-state index contributed by atoms with van der Waals surface area (Å²) >= 11 is 1.45. The first-order valence-electron chi connectivity index (χ1n) is 7.09. The quantitative estimate of drug-likeness (QED) is 0.720. The van der Waals surface area contributed by atoms with E-state index in [2.05, 4.69) is 4.72 Å². The molecule has 126 valence electrons. The van der Waals surface area contributed by atoms with Gasteiger partial charge in [0.05, 0.1) is 16.1 Å². The average molecular weight is 364 g/mol. The van der Waals surface area contributed by atoms with E-state index in [-0.39, 0.29) is 10.5 Å². The van der Waals surface area contributed by atoms with Crippen molar-refractivity contribution < 1.29 is 12.8 Å². The summed E-state index contributed by atoms with van der Waals surface area (Å²) in [6, 6.07) is 10.2. The van der Waals surface area contributed by atoms with E-state index < -0.39 is 15.8 Å². The van der Waals surface area contributed by atoms with Crippen molar-refractivity contribution in [2.24, 2.45) is 7.05 Å². The second-order valence-electron chi connectivity index (χ2n) is 5.32. The number of rotatable bonds is 4. The van der Waals surface area contributed by atoms with Crippen LogP contribution in [-0.2, 0) is 17.1 Å². The van der Waals surface area contributed by atoms with Gasteiger partial charge in [-0.3, -0.25) is 9.29 Å². The first-order chi connectivity index (χ1) is 11.3. The van der Waals surface area contributed by atoms with Crippen molar-refractivity contribution in [3.05, 3.63) is 52.5 Å². The number of anilines is 1. The van der Waals surface area contributed by atoms with Crippen LogP contribution in [0.4, 0.5) is 5.69 Å². The number of fused-ring (bicyclic) bond motifs is 1. The Labute approximate surface area is 143 Å². The molecule has 0 aliphatic rings. The third-order valence-electron chi connectivity index (χ3n) is 3.73. The Balaban J connectivity index is 2.11. The van der Waals surface area contributed by atoms with E-state index in [9.17, 15) is 13.2 Å². The van der Waals surface area contributed by atoms with Crippen LogP contribution in [0.15, 0.2) is 55.4 Å². The van der Waals surface area contributed by atoms with E-state index in [1.807, 2.05) is 18.4 Å². The number of sulfonamides is 1. The van der Waals surface area contributed by atoms with Gasteiger partial charge in [-0.1, -0.05) is 12.1 Å². The highest BCUT2D eigenvalue weighted by Crippen LogP contribution is 2.29. The Morgan fingerprint density at radius 1 is 1.21 bits per heavy atom. The maximum absolute atomic E-state index is 12.8. The molecule has 0 saturated carbocycles. The molecule has 2 aromatic carbocycles. The molecular formula is C16H16N2O4S2. The third-order valence-corrected chi connectivity index (χ3v) is 6.03. The highest BCUT2D eigenvalue weighted by atomic mass is 32.2. The molecular weight excluding hydrogens is 348 g/mol. The zero-order chi connectivity index (χ0) is 17.5. The van der Waals surface area contributed by atoms with E-state index in [0.717, 1.165) is 4.90 Å². The molecule has 8 heteroatoms. The maximum atomic E-state index is 12.8. The van der Waals surface area contributed by atoms with Gasteiger partial charge >= 0.3 is 5.76 Å². The summed E-state index contributed by atoms with van der Waals surface area (Å²) in [4.78, 5) is 12.5. The summed E-state index contributed by atoms with van der Waals surface area (Å²) in [7, 11) is -2.23. The minimum Gasteiger partial charge on any atom is -0.408 e. The highest BCUT2D eigenvalue weighted by molar-refractivity contribution is 7.99. The molecule has 0 saturated heterocycles. The Kier molecular flexibility index (Phi) is 4.18. The lowest BCUT2D eigenvalue weighted by atomic mass is 10.2. The minimum atomic E-state index is -3.81. The molecule has 0 aliphatic heterocycles. The molecule has 0 unspecified atom stereocenters. The number of aromatic nitrogens is 1. The van der Waals surface area contributed by atoms with Crippen LogP contribution in [0.1, 0.15) is 5.56 Å². The Morgan fingerprint density at radius 2 is 1.92 bits per heavy atom. The van der Waals surface area contributed by atoms with Crippen molar-refractivity contribution in [1.29, 1.82) is 0 Å². The predicted molar refractivity (Wildman–Crippen MR) is 95.2 cm³/mol. The van der Waals surface area contributed by atoms with Crippen molar-refractivity contribution in [2.75, 3.05) is 11.0 Å². The zero-order valence-corrected chi connectivity index (χ0v) is 15.0. The predicted octanol–water partition coefficient (Wildman–Crippen LogP) is 2.96. The average Bonchev–Trinajstić information content (AvgIpc) is 2.81. The lowest BCUT2D eigenvalue weighted by molar-refractivity contribution is 0.527. The van der Waals surface area contributed by atoms with Crippen molar-refractivity contribution in [3.8, 4) is 0 Å². The maximum Gasteiger partial charge on any atom is 0.419 e. The lowest BCUT2D eigenvalue weighted by Gasteiger charge is -2.13. The summed E-state index contributed by atoms with van der Waals surface area (Å²) < 4.78 is 34.6. The van der Waals surface area contributed by atoms with Crippen LogP contribution >= 0.6 is 11.8 Å². The Bertz CT molecular complexity index is 1080. The van der Waals surface area contributed by atoms with Gasteiger partial charge in [0.1, 0.15) is 0 Å². The number of aryl methyl sites for hydroxylation is 2. The molecule has 0 aliphatic carbocycles. The molecule has 0 bridgehead atoms. The van der Waals surface area contributed by atoms with Crippen LogP contribution in [0.25, 0.3) is 11.1 Å². The van der Waals surface area contributed by atoms with Crippen molar-refractivity contribution in [2.45, 2.75) is 16.7 Å². The van der Waals surface area contributed by atoms with Gasteiger partial charge in [0.15, 0.2) is 5.58 Å². The van der Waals surface area contributed by atoms with Gasteiger partial charge in [-0.15, -0.1) is 11.8 Å². The van der Waals surface area contributed by atoms with Crippen molar-refractivity contribution >= 4 is 38.6 Å². The molecule has 1 heterocycles. The van der Waals surface area contributed by atoms with Gasteiger partial charge in [-0.05, 0) is 36.9 Å². The van der Waals surface area contributed by atoms with Crippen molar-refractivity contribution in [3.63, 3.8) is 0 Å². The normalized spacial score (nSPS) is 11.8. The number of hydrogen-bond acceptors (Lipinski definition) is 5. The number of nitrogens with one attached hydrogen (secondary N) is 1. The van der Waals surface area contributed by atoms with Crippen LogP contribution in [0.2, 0.25) is 0 Å². The molecule has 0 amide bonds. The summed E-state index contributed by atoms with van der Waals surface area (Å²) in [5, 5.41) is 0. The van der Waals surface area contributed by atoms with E-state index in [1.165, 1.54) is 22.4 Å². The summed E-state index contributed by atoms with van der Waals surface area (Å²) in [5.41, 5.74) is 1.85. The van der Waals surface area contributed by atoms with E-state index >= 15 is 0 Å². The minimum absolute atomic E-state index is 0.0836. The second kappa shape index (κ2) is 6.03. The Hall–Kier alpha value is -2.19. The lowest BCUT2D eigenvalue weighted by Crippen LogP contribution is -2.15. The highest BCUT2D eigenvalue weighted by Gasteiger charge is 2.21. The first kappa shape index (κ1) is 16.7. The molecule has 24 heavy (non-hydrogen) atoms. The first-order valence-corrected chi connectivity index (χ1v) is 9.80. The molecule has 3 rings (SSSR count).